The number of hydrogen-bond donors (Lipinski definition) is 2. The van der Waals surface area contributed by atoms with E-state index in [4.69, 9.17) is 4.74 Å². The second kappa shape index (κ2) is 12.0. The normalized spacial score (nSPS) is 16.1. The smallest absolute Gasteiger partial charge is 0.191 e. The fourth-order valence-corrected chi connectivity index (χ4v) is 3.26. The van der Waals surface area contributed by atoms with E-state index in [0.29, 0.717) is 26.3 Å². The van der Waals surface area contributed by atoms with Gasteiger partial charge < -0.3 is 15.4 Å². The Labute approximate surface area is 183 Å². The molecule has 1 fully saturated rings. The van der Waals surface area contributed by atoms with Crippen LogP contribution in [0.2, 0.25) is 0 Å². The van der Waals surface area contributed by atoms with Crippen LogP contribution in [-0.2, 0) is 11.3 Å². The van der Waals surface area contributed by atoms with Crippen molar-refractivity contribution < 1.29 is 9.13 Å². The predicted molar refractivity (Wildman–Crippen MR) is 122 cm³/mol. The molecule has 5 nitrogen and oxygen atoms in total. The van der Waals surface area contributed by atoms with Crippen LogP contribution in [0.3, 0.4) is 0 Å². The summed E-state index contributed by atoms with van der Waals surface area (Å²) in [6.45, 7) is 4.40. The largest absolute Gasteiger partial charge is 0.379 e. The lowest BCUT2D eigenvalue weighted by atomic mass is 10.0. The molecule has 0 spiro atoms. The van der Waals surface area contributed by atoms with Crippen LogP contribution in [0.15, 0.2) is 59.6 Å². The minimum absolute atomic E-state index is 0. The molecule has 2 aromatic rings. The maximum atomic E-state index is 13.8. The average Bonchev–Trinajstić information content (AvgIpc) is 2.72. The molecule has 28 heavy (non-hydrogen) atoms. The number of hydrogen-bond acceptors (Lipinski definition) is 3. The standard InChI is InChI=1S/C21H27FN4O.HI/c1-23-21(24-15-17-6-3-2-4-7-17)25-16-20(26-10-12-27-13-11-26)18-8-5-9-19(22)14-18;/h2-9,14,20H,10-13,15-16H2,1H3,(H2,23,24,25);1H. The zero-order valence-electron chi connectivity index (χ0n) is 16.1. The molecule has 1 atom stereocenters. The summed E-state index contributed by atoms with van der Waals surface area (Å²) < 4.78 is 19.2. The molecule has 1 aliphatic rings. The molecule has 2 N–H and O–H groups in total. The number of guanidine groups is 1. The van der Waals surface area contributed by atoms with Gasteiger partial charge in [0.25, 0.3) is 0 Å². The lowest BCUT2D eigenvalue weighted by Gasteiger charge is -2.35. The van der Waals surface area contributed by atoms with E-state index in [0.717, 1.165) is 24.6 Å². The van der Waals surface area contributed by atoms with Gasteiger partial charge in [0.15, 0.2) is 5.96 Å². The van der Waals surface area contributed by atoms with Gasteiger partial charge in [-0.25, -0.2) is 4.39 Å². The van der Waals surface area contributed by atoms with Crippen LogP contribution >= 0.6 is 24.0 Å². The molecule has 0 amide bonds. The van der Waals surface area contributed by atoms with E-state index in [-0.39, 0.29) is 35.8 Å². The average molecular weight is 498 g/mol. The number of aliphatic imine (C=N–C) groups is 1. The van der Waals surface area contributed by atoms with E-state index >= 15 is 0 Å². The Hall–Kier alpha value is -1.71. The molecule has 7 heteroatoms. The van der Waals surface area contributed by atoms with E-state index in [1.54, 1.807) is 19.2 Å². The first-order chi connectivity index (χ1) is 13.3. The fourth-order valence-electron chi connectivity index (χ4n) is 3.26. The maximum absolute atomic E-state index is 13.8. The molecule has 1 unspecified atom stereocenters. The highest BCUT2D eigenvalue weighted by Crippen LogP contribution is 2.22. The fraction of sp³-hybridized carbons (Fsp3) is 0.381. The lowest BCUT2D eigenvalue weighted by molar-refractivity contribution is 0.0169. The summed E-state index contributed by atoms with van der Waals surface area (Å²) in [5.41, 5.74) is 2.15. The second-order valence-corrected chi connectivity index (χ2v) is 6.51. The summed E-state index contributed by atoms with van der Waals surface area (Å²) >= 11 is 0. The first-order valence-corrected chi connectivity index (χ1v) is 9.32. The van der Waals surface area contributed by atoms with E-state index in [1.807, 2.05) is 24.3 Å². The predicted octanol–water partition coefficient (Wildman–Crippen LogP) is 3.18. The van der Waals surface area contributed by atoms with Gasteiger partial charge >= 0.3 is 0 Å². The topological polar surface area (TPSA) is 48.9 Å². The molecule has 0 radical (unpaired) electrons. The highest BCUT2D eigenvalue weighted by Gasteiger charge is 2.23. The van der Waals surface area contributed by atoms with Crippen molar-refractivity contribution in [2.24, 2.45) is 4.99 Å². The third-order valence-corrected chi connectivity index (χ3v) is 4.71. The summed E-state index contributed by atoms with van der Waals surface area (Å²) in [5, 5.41) is 6.72. The quantitative estimate of drug-likeness (QED) is 0.365. The first-order valence-electron chi connectivity index (χ1n) is 9.32. The minimum Gasteiger partial charge on any atom is -0.379 e. The molecule has 0 aliphatic carbocycles. The SMILES string of the molecule is CN=C(NCc1ccccc1)NCC(c1cccc(F)c1)N1CCOCC1.I. The van der Waals surface area contributed by atoms with Crippen molar-refractivity contribution in [3.05, 3.63) is 71.5 Å². The van der Waals surface area contributed by atoms with Crippen LogP contribution in [0.25, 0.3) is 0 Å². The van der Waals surface area contributed by atoms with Gasteiger partial charge in [0.2, 0.25) is 0 Å². The van der Waals surface area contributed by atoms with E-state index in [2.05, 4.69) is 32.7 Å². The molecular formula is C21H28FIN4O. The van der Waals surface area contributed by atoms with Crippen LogP contribution in [0.4, 0.5) is 4.39 Å². The Morgan fingerprint density at radius 3 is 2.54 bits per heavy atom. The van der Waals surface area contributed by atoms with E-state index < -0.39 is 0 Å². The van der Waals surface area contributed by atoms with E-state index in [9.17, 15) is 4.39 Å². The summed E-state index contributed by atoms with van der Waals surface area (Å²) in [4.78, 5) is 6.64. The number of ether oxygens (including phenoxy) is 1. The van der Waals surface area contributed by atoms with Crippen molar-refractivity contribution in [2.45, 2.75) is 12.6 Å². The number of halogens is 2. The zero-order valence-corrected chi connectivity index (χ0v) is 18.4. The van der Waals surface area contributed by atoms with Crippen LogP contribution in [-0.4, -0.2) is 50.8 Å². The molecule has 0 aromatic heterocycles. The monoisotopic (exact) mass is 498 g/mol. The first kappa shape index (κ1) is 22.6. The molecular weight excluding hydrogens is 470 g/mol. The van der Waals surface area contributed by atoms with Crippen LogP contribution in [0.1, 0.15) is 17.2 Å². The van der Waals surface area contributed by atoms with Crippen LogP contribution in [0, 0.1) is 5.82 Å². The van der Waals surface area contributed by atoms with E-state index in [1.165, 1.54) is 11.6 Å². The summed E-state index contributed by atoms with van der Waals surface area (Å²) in [6.07, 6.45) is 0. The van der Waals surface area contributed by atoms with Crippen molar-refractivity contribution in [3.8, 4) is 0 Å². The van der Waals surface area contributed by atoms with Gasteiger partial charge in [-0.3, -0.25) is 9.89 Å². The molecule has 1 saturated heterocycles. The van der Waals surface area contributed by atoms with Crippen molar-refractivity contribution in [1.82, 2.24) is 15.5 Å². The number of benzene rings is 2. The number of morpholine rings is 1. The molecule has 1 aliphatic heterocycles. The van der Waals surface area contributed by atoms with Crippen molar-refractivity contribution >= 4 is 29.9 Å². The van der Waals surface area contributed by atoms with Crippen molar-refractivity contribution in [1.29, 1.82) is 0 Å². The third kappa shape index (κ3) is 6.72. The Morgan fingerprint density at radius 2 is 1.86 bits per heavy atom. The maximum Gasteiger partial charge on any atom is 0.191 e. The van der Waals surface area contributed by atoms with Crippen LogP contribution < -0.4 is 10.6 Å². The number of nitrogens with zero attached hydrogens (tertiary/aromatic N) is 2. The van der Waals surface area contributed by atoms with Crippen molar-refractivity contribution in [3.63, 3.8) is 0 Å². The van der Waals surface area contributed by atoms with Gasteiger partial charge in [-0.05, 0) is 23.3 Å². The van der Waals surface area contributed by atoms with Gasteiger partial charge in [0.1, 0.15) is 5.82 Å². The third-order valence-electron chi connectivity index (χ3n) is 4.71. The molecule has 1 heterocycles. The molecule has 3 rings (SSSR count). The summed E-state index contributed by atoms with van der Waals surface area (Å²) in [7, 11) is 1.76. The molecule has 0 saturated carbocycles. The highest BCUT2D eigenvalue weighted by molar-refractivity contribution is 14.0. The number of rotatable bonds is 6. The Bertz CT molecular complexity index is 738. The van der Waals surface area contributed by atoms with Gasteiger partial charge in [-0.2, -0.15) is 0 Å². The van der Waals surface area contributed by atoms with Gasteiger partial charge in [0, 0.05) is 33.2 Å². The molecule has 2 aromatic carbocycles. The Morgan fingerprint density at radius 1 is 1.11 bits per heavy atom. The Balaban J connectivity index is 0.00000280. The van der Waals surface area contributed by atoms with Gasteiger partial charge in [-0.15, -0.1) is 24.0 Å². The zero-order chi connectivity index (χ0) is 18.9. The summed E-state index contributed by atoms with van der Waals surface area (Å²) in [6, 6.07) is 17.1. The summed E-state index contributed by atoms with van der Waals surface area (Å²) in [5.74, 6) is 0.519. The number of nitrogens with one attached hydrogen (secondary N) is 2. The molecule has 0 bridgehead atoms. The lowest BCUT2D eigenvalue weighted by Crippen LogP contribution is -2.46. The van der Waals surface area contributed by atoms with Gasteiger partial charge in [0.05, 0.1) is 19.3 Å². The highest BCUT2D eigenvalue weighted by atomic mass is 127. The van der Waals surface area contributed by atoms with Crippen molar-refractivity contribution in [2.75, 3.05) is 39.9 Å². The molecule has 152 valence electrons. The minimum atomic E-state index is -0.211. The second-order valence-electron chi connectivity index (χ2n) is 6.51. The van der Waals surface area contributed by atoms with Crippen LogP contribution in [0.5, 0.6) is 0 Å². The van der Waals surface area contributed by atoms with Gasteiger partial charge in [-0.1, -0.05) is 42.5 Å². The Kier molecular flexibility index (Phi) is 9.66.